The summed E-state index contributed by atoms with van der Waals surface area (Å²) in [4.78, 5) is 29.5. The summed E-state index contributed by atoms with van der Waals surface area (Å²) in [6.07, 6.45) is 30.3. The molecule has 0 aliphatic heterocycles. The summed E-state index contributed by atoms with van der Waals surface area (Å²) in [7, 11) is 13.8. The van der Waals surface area contributed by atoms with Gasteiger partial charge in [-0.15, -0.1) is 0 Å². The Hall–Kier alpha value is -8.00. The fraction of sp³-hybridized carbons (Fsp3) is 0.420. The molecule has 14 heteroatoms. The monoisotopic (exact) mass is 1130 g/mol. The number of aromatic nitrogens is 14. The Morgan fingerprint density at radius 1 is 0.373 bits per heavy atom. The summed E-state index contributed by atoms with van der Waals surface area (Å²) >= 11 is 0. The third kappa shape index (κ3) is 24.6. The smallest absolute Gasteiger partial charge is 0.240 e. The first-order chi connectivity index (χ1) is 39.1. The minimum Gasteiger partial charge on any atom is -0.240 e. The Balaban J connectivity index is 0.000000267. The van der Waals surface area contributed by atoms with Crippen molar-refractivity contribution in [2.24, 2.45) is 49.3 Å². The zero-order valence-corrected chi connectivity index (χ0v) is 54.7. The van der Waals surface area contributed by atoms with Crippen molar-refractivity contribution in [3.05, 3.63) is 217 Å². The van der Waals surface area contributed by atoms with E-state index in [0.29, 0.717) is 29.6 Å². The molecule has 0 spiro atoms. The molecule has 0 saturated carbocycles. The van der Waals surface area contributed by atoms with Crippen LogP contribution in [0.2, 0.25) is 0 Å². The van der Waals surface area contributed by atoms with Crippen molar-refractivity contribution >= 4 is 0 Å². The lowest BCUT2D eigenvalue weighted by atomic mass is 9.83. The fourth-order valence-electron chi connectivity index (χ4n) is 8.12. The highest BCUT2D eigenvalue weighted by Gasteiger charge is 2.23. The maximum atomic E-state index is 4.67. The largest absolute Gasteiger partial charge is 0.286 e. The van der Waals surface area contributed by atoms with Crippen LogP contribution in [0.25, 0.3) is 22.5 Å². The summed E-state index contributed by atoms with van der Waals surface area (Å²) in [5.74, 6) is 2.53. The molecule has 0 atom stereocenters. The maximum absolute atomic E-state index is 4.67. The van der Waals surface area contributed by atoms with Gasteiger partial charge in [0.15, 0.2) is 28.5 Å². The normalized spacial score (nSPS) is 10.7. The lowest BCUT2D eigenvalue weighted by Crippen LogP contribution is -2.29. The zero-order valence-electron chi connectivity index (χ0n) is 54.7. The average molecular weight is 1130 g/mol. The van der Waals surface area contributed by atoms with Crippen molar-refractivity contribution in [1.82, 2.24) is 34.9 Å². The molecule has 0 fully saturated rings. The molecule has 83 heavy (non-hydrogen) atoms. The molecule has 0 bridgehead atoms. The lowest BCUT2D eigenvalue weighted by Gasteiger charge is -2.21. The standard InChI is InChI=1S/C20H29N2.C17H23N2.C9H15N2.C7H11N2.C6H9N2.2C5H7N2/c1-13(2)16-10-17(14(3)4)20(18(11-16)15(5)6)19-8-9-22(7)12-21-19;1-12(2)14-7-6-8-15(13(3)4)17(14)16-9-10-19(5)11-18-16;1-9(2,3)8-5-6-11(4)7-10-8;1-6-4-9(3)5-8-7(6)2;1-6-3-4-8(2)5-7-6;2*1-7-4-2-3-6-5-7/h8-15H,1-7H3;6-13H,1-5H3;5-7H,1-4H3;4-5H,1-3H3;3-5H,1-2H3;2*2-5H,1H3/q7*+1. The van der Waals surface area contributed by atoms with E-state index < -0.39 is 0 Å². The molecule has 9 rings (SSSR count). The number of hydrogen-bond acceptors (Lipinski definition) is 7. The molecular formula is C69H101N14+7. The topological polar surface area (TPSA) is 117 Å². The molecule has 0 amide bonds. The van der Waals surface area contributed by atoms with Crippen LogP contribution in [0.15, 0.2) is 167 Å². The molecule has 0 aliphatic rings. The van der Waals surface area contributed by atoms with Crippen LogP contribution in [0.1, 0.15) is 170 Å². The quantitative estimate of drug-likeness (QED) is 0.146. The molecule has 9 aromatic rings. The maximum Gasteiger partial charge on any atom is 0.286 e. The van der Waals surface area contributed by atoms with E-state index in [2.05, 4.69) is 199 Å². The Bertz CT molecular complexity index is 3150. The van der Waals surface area contributed by atoms with Crippen LogP contribution in [-0.4, -0.2) is 34.9 Å². The zero-order chi connectivity index (χ0) is 62.0. The van der Waals surface area contributed by atoms with Gasteiger partial charge in [0.1, 0.15) is 12.4 Å². The Morgan fingerprint density at radius 3 is 1.04 bits per heavy atom. The molecular weight excluding hydrogens is 1020 g/mol. The molecule has 0 aliphatic carbocycles. The van der Waals surface area contributed by atoms with Gasteiger partial charge in [0.05, 0.1) is 92.7 Å². The minimum absolute atomic E-state index is 0.161. The number of hydrogen-bond donors (Lipinski definition) is 0. The van der Waals surface area contributed by atoms with Gasteiger partial charge in [0.2, 0.25) is 0 Å². The predicted molar refractivity (Wildman–Crippen MR) is 332 cm³/mol. The summed E-state index contributed by atoms with van der Waals surface area (Å²) in [5.41, 5.74) is 16.5. The van der Waals surface area contributed by atoms with Crippen LogP contribution in [0, 0.1) is 20.8 Å². The van der Waals surface area contributed by atoms with Gasteiger partial charge in [-0.3, -0.25) is 0 Å². The van der Waals surface area contributed by atoms with Gasteiger partial charge >= 0.3 is 0 Å². The van der Waals surface area contributed by atoms with Crippen LogP contribution in [0.3, 0.4) is 0 Å². The van der Waals surface area contributed by atoms with E-state index >= 15 is 0 Å². The number of aryl methyl sites for hydroxylation is 10. The molecule has 7 aromatic heterocycles. The summed E-state index contributed by atoms with van der Waals surface area (Å²) < 4.78 is 13.5. The van der Waals surface area contributed by atoms with Crippen LogP contribution < -0.4 is 32.0 Å². The second kappa shape index (κ2) is 34.4. The highest BCUT2D eigenvalue weighted by Crippen LogP contribution is 2.38. The highest BCUT2D eigenvalue weighted by atomic mass is 15.0. The Labute approximate surface area is 499 Å². The van der Waals surface area contributed by atoms with Gasteiger partial charge in [-0.05, 0) is 74.3 Å². The summed E-state index contributed by atoms with van der Waals surface area (Å²) in [5, 5.41) is 0. The van der Waals surface area contributed by atoms with Crippen molar-refractivity contribution in [1.29, 1.82) is 0 Å². The van der Waals surface area contributed by atoms with Gasteiger partial charge < -0.3 is 0 Å². The predicted octanol–water partition coefficient (Wildman–Crippen LogP) is 10.5. The van der Waals surface area contributed by atoms with E-state index in [-0.39, 0.29) is 5.41 Å². The number of rotatable bonds is 7. The molecule has 0 N–H and O–H groups in total. The van der Waals surface area contributed by atoms with Crippen molar-refractivity contribution in [2.75, 3.05) is 0 Å². The van der Waals surface area contributed by atoms with E-state index in [9.17, 15) is 0 Å². The second-order valence-electron chi connectivity index (χ2n) is 23.8. The van der Waals surface area contributed by atoms with Crippen LogP contribution in [0.5, 0.6) is 0 Å². The lowest BCUT2D eigenvalue weighted by molar-refractivity contribution is -0.675. The van der Waals surface area contributed by atoms with Gasteiger partial charge in [0.25, 0.3) is 44.3 Å². The Morgan fingerprint density at radius 2 is 0.759 bits per heavy atom. The Kier molecular flexibility index (Phi) is 28.7. The molecule has 14 nitrogen and oxygen atoms in total. The summed E-state index contributed by atoms with van der Waals surface area (Å²) in [6.45, 7) is 35.1. The fourth-order valence-corrected chi connectivity index (χ4v) is 8.12. The van der Waals surface area contributed by atoms with Crippen LogP contribution >= 0.6 is 0 Å². The van der Waals surface area contributed by atoms with E-state index in [1.54, 1.807) is 31.4 Å². The first-order valence-corrected chi connectivity index (χ1v) is 28.9. The van der Waals surface area contributed by atoms with Crippen LogP contribution in [-0.2, 0) is 54.7 Å². The van der Waals surface area contributed by atoms with E-state index in [4.69, 9.17) is 0 Å². The molecule has 0 unspecified atom stereocenters. The van der Waals surface area contributed by atoms with Crippen molar-refractivity contribution in [3.8, 4) is 22.5 Å². The number of nitrogens with zero attached hydrogens (tertiary/aromatic N) is 14. The van der Waals surface area contributed by atoms with Crippen molar-refractivity contribution in [2.45, 2.75) is 146 Å². The van der Waals surface area contributed by atoms with Gasteiger partial charge in [-0.25, -0.2) is 32.0 Å². The molecule has 0 saturated heterocycles. The summed E-state index contributed by atoms with van der Waals surface area (Å²) in [6, 6.07) is 23.4. The van der Waals surface area contributed by atoms with Gasteiger partial charge in [-0.2, -0.15) is 0 Å². The van der Waals surface area contributed by atoms with Crippen molar-refractivity contribution < 1.29 is 32.0 Å². The molecule has 0 radical (unpaired) electrons. The highest BCUT2D eigenvalue weighted by molar-refractivity contribution is 5.70. The molecule has 7 heterocycles. The van der Waals surface area contributed by atoms with Crippen molar-refractivity contribution in [3.63, 3.8) is 0 Å². The van der Waals surface area contributed by atoms with E-state index in [1.165, 1.54) is 44.5 Å². The first-order valence-electron chi connectivity index (χ1n) is 28.9. The minimum atomic E-state index is 0.161. The third-order valence-electron chi connectivity index (χ3n) is 13.2. The van der Waals surface area contributed by atoms with Gasteiger partial charge in [-0.1, -0.05) is 145 Å². The average Bonchev–Trinajstić information content (AvgIpc) is 3.65. The third-order valence-corrected chi connectivity index (χ3v) is 13.2. The molecule has 2 aromatic carbocycles. The van der Waals surface area contributed by atoms with E-state index in [0.717, 1.165) is 28.5 Å². The first kappa shape index (κ1) is 69.3. The number of benzene rings is 2. The van der Waals surface area contributed by atoms with Gasteiger partial charge in [0, 0.05) is 72.4 Å². The SMILES string of the molecule is CC(C)c1cc(C(C)C)c(-c2cc[n+](C)cn2)c(C(C)C)c1.CC(C)c1cccc(C(C)C)c1-c1cc[n+](C)cn1.C[n+]1ccc(C(C)(C)C)nc1.C[n+]1cccnc1.C[n+]1cccnc1.Cc1c[n+](C)cnc1C.Cc1cc[n+](C)cn1. The molecule has 440 valence electrons. The van der Waals surface area contributed by atoms with Crippen LogP contribution in [0.4, 0.5) is 0 Å². The second-order valence-corrected chi connectivity index (χ2v) is 23.8. The van der Waals surface area contributed by atoms with E-state index in [1.807, 2.05) is 163 Å².